The van der Waals surface area contributed by atoms with E-state index >= 15 is 0 Å². The first-order valence-electron chi connectivity index (χ1n) is 30.2. The van der Waals surface area contributed by atoms with Crippen LogP contribution < -0.4 is 0 Å². The van der Waals surface area contributed by atoms with E-state index in [9.17, 15) is 25.9 Å². The molecule has 0 aliphatic rings. The van der Waals surface area contributed by atoms with Gasteiger partial charge in [-0.3, -0.25) is 0 Å². The second-order valence-electron chi connectivity index (χ2n) is 21.3. The monoisotopic (exact) mass is 1050 g/mol. The third-order valence-electron chi connectivity index (χ3n) is 14.6. The summed E-state index contributed by atoms with van der Waals surface area (Å²) in [5.74, 6) is 0. The Morgan fingerprint density at radius 1 is 0.254 bits per heavy atom. The minimum Gasteiger partial charge on any atom is -0.744 e. The van der Waals surface area contributed by atoms with Gasteiger partial charge in [0.2, 0.25) is 0 Å². The molecule has 0 heterocycles. The van der Waals surface area contributed by atoms with Crippen molar-refractivity contribution in [3.8, 4) is 0 Å². The van der Waals surface area contributed by atoms with E-state index in [2.05, 4.69) is 13.8 Å². The molecule has 9 heteroatoms. The number of aryl methyl sites for hydroxylation is 2. The first-order valence-corrected chi connectivity index (χ1v) is 33.0. The van der Waals surface area contributed by atoms with Crippen LogP contribution in [0.5, 0.6) is 0 Å². The van der Waals surface area contributed by atoms with E-state index in [1.54, 1.807) is 24.3 Å². The third-order valence-corrected chi connectivity index (χ3v) is 16.3. The third kappa shape index (κ3) is 47.7. The molecule has 0 amide bonds. The van der Waals surface area contributed by atoms with E-state index in [0.29, 0.717) is 0 Å². The molecule has 2 aromatic carbocycles. The Labute approximate surface area is 471 Å². The summed E-state index contributed by atoms with van der Waals surface area (Å²) in [7, 11) is -8.65. The van der Waals surface area contributed by atoms with Crippen LogP contribution in [0.25, 0.3) is 0 Å². The molecule has 0 saturated carbocycles. The summed E-state index contributed by atoms with van der Waals surface area (Å²) in [4.78, 5) is -0.267. The first kappa shape index (κ1) is 70.5. The number of benzene rings is 2. The van der Waals surface area contributed by atoms with Crippen molar-refractivity contribution in [2.45, 2.75) is 332 Å². The predicted molar refractivity (Wildman–Crippen MR) is 306 cm³/mol. The summed E-state index contributed by atoms with van der Waals surface area (Å²) in [6.45, 7) is 4.58. The van der Waals surface area contributed by atoms with Crippen LogP contribution in [0.2, 0.25) is 0 Å². The van der Waals surface area contributed by atoms with E-state index in [4.69, 9.17) is 0 Å². The van der Waals surface area contributed by atoms with Crippen LogP contribution in [0.1, 0.15) is 320 Å². The normalized spacial score (nSPS) is 11.7. The van der Waals surface area contributed by atoms with Crippen molar-refractivity contribution < 1.29 is 25.9 Å². The molecule has 0 saturated heterocycles. The fraction of sp³-hybridized carbons (Fsp3) is 0.806. The van der Waals surface area contributed by atoms with Gasteiger partial charge in [0.05, 0.1) is 9.79 Å². The fourth-order valence-corrected chi connectivity index (χ4v) is 10.8. The van der Waals surface area contributed by atoms with Gasteiger partial charge < -0.3 is 9.11 Å². The van der Waals surface area contributed by atoms with Gasteiger partial charge in [-0.25, -0.2) is 16.8 Å². The molecule has 0 radical (unpaired) electrons. The van der Waals surface area contributed by atoms with Crippen LogP contribution >= 0.6 is 0 Å². The van der Waals surface area contributed by atoms with Gasteiger partial charge in [0.25, 0.3) is 0 Å². The number of rotatable bonds is 50. The minimum absolute atomic E-state index is 0. The fourth-order valence-electron chi connectivity index (χ4n) is 9.87. The van der Waals surface area contributed by atoms with Crippen molar-refractivity contribution in [3.63, 3.8) is 0 Å². The molecule has 0 aromatic heterocycles. The van der Waals surface area contributed by atoms with Crippen LogP contribution in [-0.4, -0.2) is 63.7 Å². The van der Waals surface area contributed by atoms with Crippen LogP contribution in [0.15, 0.2) is 58.3 Å². The summed E-state index contributed by atoms with van der Waals surface area (Å²) < 4.78 is 65.7. The summed E-state index contributed by atoms with van der Waals surface area (Å²) in [6.07, 6.45) is 66.1. The van der Waals surface area contributed by atoms with Gasteiger partial charge in [0.15, 0.2) is 0 Å². The van der Waals surface area contributed by atoms with Gasteiger partial charge in [-0.05, 0) is 61.1 Å². The maximum Gasteiger partial charge on any atom is 2.00 e. The van der Waals surface area contributed by atoms with E-state index < -0.39 is 20.2 Å². The molecule has 0 aliphatic carbocycles. The zero-order valence-electron chi connectivity index (χ0n) is 46.5. The molecule has 0 spiro atoms. The van der Waals surface area contributed by atoms with Crippen LogP contribution in [0.3, 0.4) is 0 Å². The second-order valence-corrected chi connectivity index (χ2v) is 24.0. The summed E-state index contributed by atoms with van der Waals surface area (Å²) in [5.41, 5.74) is 2.22. The Bertz CT molecular complexity index is 1490. The molecule has 0 bridgehead atoms. The van der Waals surface area contributed by atoms with E-state index in [1.165, 1.54) is 307 Å². The molecule has 2 aromatic rings. The van der Waals surface area contributed by atoms with E-state index in [1.807, 2.05) is 0 Å². The average molecular weight is 1060 g/mol. The Kier molecular flexibility index (Phi) is 51.3. The molecular weight excluding hydrogens is 945 g/mol. The van der Waals surface area contributed by atoms with Crippen molar-refractivity contribution in [2.75, 3.05) is 0 Å². The summed E-state index contributed by atoms with van der Waals surface area (Å²) >= 11 is 0. The van der Waals surface area contributed by atoms with Crippen molar-refractivity contribution in [3.05, 3.63) is 59.7 Å². The van der Waals surface area contributed by atoms with Crippen LogP contribution in [0, 0.1) is 0 Å². The van der Waals surface area contributed by atoms with Gasteiger partial charge in [-0.2, -0.15) is 0 Å². The first-order chi connectivity index (χ1) is 34.1. The van der Waals surface area contributed by atoms with Crippen molar-refractivity contribution in [1.29, 1.82) is 0 Å². The molecule has 0 N–H and O–H groups in total. The molecule has 0 aliphatic heterocycles. The summed E-state index contributed by atoms with van der Waals surface area (Å²) in [5, 5.41) is 0. The average Bonchev–Trinajstić information content (AvgIpc) is 3.34. The molecule has 0 atom stereocenters. The topological polar surface area (TPSA) is 114 Å². The zero-order valence-corrected chi connectivity index (χ0v) is 50.4. The standard InChI is InChI=1S/2C31H56O3S.Ca/c2*1-2-3-4-5-6-7-8-9-10-11-12-13-14-15-16-17-18-19-20-21-22-23-24-25-30-26-28-31(29-27-30)35(32,33)34;/h2*26-29H,2-25H2,1H3,(H,32,33,34);/q;;+2/p-2. The molecular formula is C62H110CaO6S2. The van der Waals surface area contributed by atoms with Crippen molar-refractivity contribution >= 4 is 58.0 Å². The summed E-state index contributed by atoms with van der Waals surface area (Å²) in [6, 6.07) is 12.8. The molecule has 0 fully saturated rings. The van der Waals surface area contributed by atoms with Crippen LogP contribution in [-0.2, 0) is 33.1 Å². The predicted octanol–water partition coefficient (Wildman–Crippen LogP) is 19.9. The molecule has 408 valence electrons. The zero-order chi connectivity index (χ0) is 50.9. The second kappa shape index (κ2) is 51.6. The van der Waals surface area contributed by atoms with Gasteiger partial charge in [0, 0.05) is 0 Å². The molecule has 0 unspecified atom stereocenters. The maximum atomic E-state index is 11.0. The number of unbranched alkanes of at least 4 members (excludes halogenated alkanes) is 44. The van der Waals surface area contributed by atoms with Crippen molar-refractivity contribution in [1.82, 2.24) is 0 Å². The number of hydrogen-bond donors (Lipinski definition) is 0. The smallest absolute Gasteiger partial charge is 0.744 e. The molecule has 6 nitrogen and oxygen atoms in total. The Balaban J connectivity index is 0.00000136. The van der Waals surface area contributed by atoms with Crippen molar-refractivity contribution in [2.24, 2.45) is 0 Å². The van der Waals surface area contributed by atoms with Gasteiger partial charge in [0.1, 0.15) is 20.2 Å². The van der Waals surface area contributed by atoms with Gasteiger partial charge in [-0.15, -0.1) is 0 Å². The quantitative estimate of drug-likeness (QED) is 0.0370. The molecule has 71 heavy (non-hydrogen) atoms. The Morgan fingerprint density at radius 2 is 0.394 bits per heavy atom. The SMILES string of the molecule is CCCCCCCCCCCCCCCCCCCCCCCCCc1ccc(S(=O)(=O)[O-])cc1.CCCCCCCCCCCCCCCCCCCCCCCCCc1ccc(S(=O)(=O)[O-])cc1.[Ca+2]. The maximum absolute atomic E-state index is 11.0. The largest absolute Gasteiger partial charge is 2.00 e. The van der Waals surface area contributed by atoms with E-state index in [0.717, 1.165) is 36.8 Å². The van der Waals surface area contributed by atoms with Gasteiger partial charge >= 0.3 is 37.7 Å². The Hall–Kier alpha value is -0.480. The Morgan fingerprint density at radius 3 is 0.535 bits per heavy atom. The number of hydrogen-bond acceptors (Lipinski definition) is 6. The molecule has 2 rings (SSSR count). The van der Waals surface area contributed by atoms with E-state index in [-0.39, 0.29) is 47.5 Å². The van der Waals surface area contributed by atoms with Crippen LogP contribution in [0.4, 0.5) is 0 Å². The minimum atomic E-state index is -4.33. The van der Waals surface area contributed by atoms with Gasteiger partial charge in [-0.1, -0.05) is 321 Å².